The van der Waals surface area contributed by atoms with E-state index in [0.717, 1.165) is 31.5 Å². The summed E-state index contributed by atoms with van der Waals surface area (Å²) in [4.78, 5) is 30.4. The van der Waals surface area contributed by atoms with Gasteiger partial charge in [-0.05, 0) is 76.8 Å². The van der Waals surface area contributed by atoms with Gasteiger partial charge in [-0.25, -0.2) is 9.59 Å². The van der Waals surface area contributed by atoms with E-state index in [0.29, 0.717) is 24.3 Å². The molecule has 0 N–H and O–H groups in total. The van der Waals surface area contributed by atoms with Crippen molar-refractivity contribution in [1.82, 2.24) is 4.90 Å². The van der Waals surface area contributed by atoms with Gasteiger partial charge in [-0.1, -0.05) is 18.6 Å². The Balaban J connectivity index is 1.43. The van der Waals surface area contributed by atoms with Gasteiger partial charge in [0.15, 0.2) is 11.7 Å². The standard InChI is InChI=1S/C38H53NO10/c1-10-39-19-36(20-42-5)16-15-25(44-7)38-24-18-37(49-34(41)48-35(2,3)4)26(45-8)17-23(28(31(38)39)29(46-9)30(36)38)27(24)32(37)47-33(40)21-11-13-22(43-6)14-12-21/h11-14,17,24-32H,10,15-16,18-20H2,1-9H3/t24-,25+,26+,27-,28+,29+,30-,31-,32-,36+,37+,38+/m1/s1. The highest BCUT2D eigenvalue weighted by atomic mass is 16.8. The molecule has 1 aromatic rings. The van der Waals surface area contributed by atoms with Crippen molar-refractivity contribution in [2.45, 2.75) is 88.6 Å². The average molecular weight is 684 g/mol. The molecule has 12 atom stereocenters. The van der Waals surface area contributed by atoms with E-state index in [2.05, 4.69) is 17.9 Å². The zero-order valence-electron chi connectivity index (χ0n) is 30.4. The molecule has 5 aliphatic carbocycles. The summed E-state index contributed by atoms with van der Waals surface area (Å²) < 4.78 is 49.7. The van der Waals surface area contributed by atoms with Gasteiger partial charge in [0.05, 0.1) is 31.5 Å². The molecule has 6 aliphatic rings. The molecule has 1 aliphatic heterocycles. The second-order valence-electron chi connectivity index (χ2n) is 16.0. The molecule has 11 heteroatoms. The number of fused-ring (bicyclic) bond motifs is 2. The molecule has 11 nitrogen and oxygen atoms in total. The topological polar surface area (TPSA) is 111 Å². The van der Waals surface area contributed by atoms with Gasteiger partial charge in [0.1, 0.15) is 17.5 Å². The largest absolute Gasteiger partial charge is 0.509 e. The summed E-state index contributed by atoms with van der Waals surface area (Å²) in [6, 6.07) is 6.96. The Morgan fingerprint density at radius 3 is 2.31 bits per heavy atom. The lowest BCUT2D eigenvalue weighted by Gasteiger charge is -2.67. The SMILES string of the molecule is CCN1C[C@]2(COC)CC[C@H](OC)[C@@]34[C@@H]5C[C@]6(OC(=O)OC(C)(C)C)[C@@H](OC)C=C([C@H]5[C@H]6OC(=O)c5ccc(OC)cc5)[C@@H]([C@H](OC)[C@H]23)[C@@H]14. The fourth-order valence-corrected chi connectivity index (χ4v) is 11.9. The van der Waals surface area contributed by atoms with Gasteiger partial charge >= 0.3 is 12.1 Å². The van der Waals surface area contributed by atoms with Crippen LogP contribution in [0.4, 0.5) is 4.79 Å². The maximum atomic E-state index is 14.1. The van der Waals surface area contributed by atoms with Crippen molar-refractivity contribution >= 4 is 12.1 Å². The fourth-order valence-electron chi connectivity index (χ4n) is 11.9. The van der Waals surface area contributed by atoms with Crippen LogP contribution >= 0.6 is 0 Å². The van der Waals surface area contributed by atoms with Crippen molar-refractivity contribution in [2.75, 3.05) is 55.2 Å². The number of hydrogen-bond acceptors (Lipinski definition) is 11. The Bertz CT molecular complexity index is 1470. The molecular formula is C38H53NO10. The zero-order valence-corrected chi connectivity index (χ0v) is 30.4. The maximum Gasteiger partial charge on any atom is 0.509 e. The average Bonchev–Trinajstić information content (AvgIpc) is 3.42. The van der Waals surface area contributed by atoms with Crippen LogP contribution in [0.3, 0.4) is 0 Å². The van der Waals surface area contributed by atoms with Crippen molar-refractivity contribution in [3.05, 3.63) is 41.5 Å². The molecule has 1 heterocycles. The molecule has 0 aromatic heterocycles. The molecule has 0 unspecified atom stereocenters. The fraction of sp³-hybridized carbons (Fsp3) is 0.737. The van der Waals surface area contributed by atoms with Crippen molar-refractivity contribution < 1.29 is 47.5 Å². The summed E-state index contributed by atoms with van der Waals surface area (Å²) in [5, 5.41) is 0. The number of hydrogen-bond donors (Lipinski definition) is 0. The van der Waals surface area contributed by atoms with Crippen LogP contribution < -0.4 is 4.74 Å². The lowest BCUT2D eigenvalue weighted by Crippen LogP contribution is -2.73. The number of methoxy groups -OCH3 is 5. The van der Waals surface area contributed by atoms with Crippen molar-refractivity contribution in [3.63, 3.8) is 0 Å². The molecule has 49 heavy (non-hydrogen) atoms. The second-order valence-corrected chi connectivity index (χ2v) is 16.0. The Morgan fingerprint density at radius 2 is 1.71 bits per heavy atom. The number of benzene rings is 1. The number of likely N-dealkylation sites (tertiary alicyclic amines) is 1. The molecule has 270 valence electrons. The van der Waals surface area contributed by atoms with Gasteiger partial charge in [0.25, 0.3) is 0 Å². The van der Waals surface area contributed by atoms with Gasteiger partial charge in [-0.2, -0.15) is 0 Å². The third-order valence-electron chi connectivity index (χ3n) is 13.0. The van der Waals surface area contributed by atoms with Gasteiger partial charge in [-0.3, -0.25) is 4.90 Å². The zero-order chi connectivity index (χ0) is 35.1. The van der Waals surface area contributed by atoms with E-state index in [9.17, 15) is 9.59 Å². The van der Waals surface area contributed by atoms with Crippen LogP contribution in [0.1, 0.15) is 57.3 Å². The van der Waals surface area contributed by atoms with Gasteiger partial charge in [0, 0.05) is 69.6 Å². The number of carbonyl (C=O) groups is 2. The molecule has 4 saturated carbocycles. The Labute approximate surface area is 289 Å². The minimum atomic E-state index is -1.34. The van der Waals surface area contributed by atoms with Crippen molar-refractivity contribution in [3.8, 4) is 5.75 Å². The Hall–Kier alpha value is -2.70. The lowest BCUT2D eigenvalue weighted by atomic mass is 9.44. The van der Waals surface area contributed by atoms with Crippen LogP contribution in [0.15, 0.2) is 35.9 Å². The summed E-state index contributed by atoms with van der Waals surface area (Å²) >= 11 is 0. The molecule has 1 spiro atoms. The van der Waals surface area contributed by atoms with E-state index in [4.69, 9.17) is 37.9 Å². The highest BCUT2D eigenvalue weighted by molar-refractivity contribution is 5.89. The molecule has 7 bridgehead atoms. The third-order valence-corrected chi connectivity index (χ3v) is 13.0. The first kappa shape index (κ1) is 34.7. The predicted octanol–water partition coefficient (Wildman–Crippen LogP) is 4.91. The number of rotatable bonds is 10. The summed E-state index contributed by atoms with van der Waals surface area (Å²) in [5.74, 6) is -0.118. The van der Waals surface area contributed by atoms with Gasteiger partial charge < -0.3 is 37.9 Å². The van der Waals surface area contributed by atoms with E-state index in [1.54, 1.807) is 66.4 Å². The molecule has 1 aromatic carbocycles. The van der Waals surface area contributed by atoms with Crippen LogP contribution in [-0.4, -0.2) is 114 Å². The van der Waals surface area contributed by atoms with E-state index in [-0.39, 0.29) is 47.3 Å². The Morgan fingerprint density at radius 1 is 0.980 bits per heavy atom. The van der Waals surface area contributed by atoms with Crippen LogP contribution in [0.5, 0.6) is 5.75 Å². The second kappa shape index (κ2) is 12.2. The van der Waals surface area contributed by atoms with Crippen LogP contribution in [-0.2, 0) is 33.2 Å². The monoisotopic (exact) mass is 683 g/mol. The minimum absolute atomic E-state index is 0.0110. The summed E-state index contributed by atoms with van der Waals surface area (Å²) in [7, 11) is 8.64. The first-order valence-electron chi connectivity index (χ1n) is 17.7. The smallest absolute Gasteiger partial charge is 0.497 e. The predicted molar refractivity (Wildman–Crippen MR) is 178 cm³/mol. The first-order chi connectivity index (χ1) is 23.4. The van der Waals surface area contributed by atoms with Crippen molar-refractivity contribution in [2.24, 2.45) is 34.5 Å². The third kappa shape index (κ3) is 4.78. The maximum absolute atomic E-state index is 14.1. The first-order valence-corrected chi connectivity index (χ1v) is 17.7. The number of ether oxygens (including phenoxy) is 8. The van der Waals surface area contributed by atoms with Crippen LogP contribution in [0.25, 0.3) is 0 Å². The van der Waals surface area contributed by atoms with Gasteiger partial charge in [-0.15, -0.1) is 0 Å². The van der Waals surface area contributed by atoms with Crippen molar-refractivity contribution in [1.29, 1.82) is 0 Å². The molecular weight excluding hydrogens is 630 g/mol. The number of piperidine rings is 1. The Kier molecular flexibility index (Phi) is 8.66. The van der Waals surface area contributed by atoms with E-state index < -0.39 is 40.9 Å². The van der Waals surface area contributed by atoms with Crippen LogP contribution in [0, 0.1) is 34.5 Å². The number of nitrogens with zero attached hydrogens (tertiary/aromatic N) is 1. The highest BCUT2D eigenvalue weighted by Gasteiger charge is 2.85. The van der Waals surface area contributed by atoms with E-state index in [1.807, 2.05) is 14.2 Å². The molecule has 7 rings (SSSR count). The minimum Gasteiger partial charge on any atom is -0.497 e. The van der Waals surface area contributed by atoms with E-state index >= 15 is 0 Å². The molecule has 5 fully saturated rings. The number of carbonyl (C=O) groups excluding carboxylic acids is 2. The summed E-state index contributed by atoms with van der Waals surface area (Å²) in [6.45, 7) is 10.0. The quantitative estimate of drug-likeness (QED) is 0.248. The van der Waals surface area contributed by atoms with E-state index in [1.165, 1.54) is 0 Å². The molecule has 0 amide bonds. The normalized spacial score (nSPS) is 41.6. The number of esters is 1. The van der Waals surface area contributed by atoms with Gasteiger partial charge in [0.2, 0.25) is 0 Å². The summed E-state index contributed by atoms with van der Waals surface area (Å²) in [5.41, 5.74) is -1.17. The lowest BCUT2D eigenvalue weighted by molar-refractivity contribution is -0.242. The molecule has 1 saturated heterocycles. The molecule has 0 radical (unpaired) electrons. The van der Waals surface area contributed by atoms with Crippen LogP contribution in [0.2, 0.25) is 0 Å². The highest BCUT2D eigenvalue weighted by Crippen LogP contribution is 2.78. The summed E-state index contributed by atoms with van der Waals surface area (Å²) in [6.07, 6.45) is 1.84.